The van der Waals surface area contributed by atoms with Gasteiger partial charge in [-0.2, -0.15) is 0 Å². The van der Waals surface area contributed by atoms with Crippen molar-refractivity contribution in [3.8, 4) is 0 Å². The fraction of sp³-hybridized carbons (Fsp3) is 0.200. The van der Waals surface area contributed by atoms with Crippen molar-refractivity contribution in [2.45, 2.75) is 6.54 Å². The van der Waals surface area contributed by atoms with Gasteiger partial charge in [0.2, 0.25) is 0 Å². The number of imidazole rings is 1. The van der Waals surface area contributed by atoms with Crippen LogP contribution in [-0.2, 0) is 48.7 Å². The van der Waals surface area contributed by atoms with Crippen LogP contribution in [0.4, 0.5) is 0 Å². The summed E-state index contributed by atoms with van der Waals surface area (Å²) in [5.74, 6) is 0. The Morgan fingerprint density at radius 1 is 1.67 bits per heavy atom. The Balaban J connectivity index is 0. The smallest absolute Gasteiger partial charge is 0.482 e. The van der Waals surface area contributed by atoms with E-state index in [-0.39, 0.29) is 42.1 Å². The molecule has 0 amide bonds. The van der Waals surface area contributed by atoms with Crippen LogP contribution in [-0.4, -0.2) is 9.55 Å². The van der Waals surface area contributed by atoms with Gasteiger partial charge in [0.15, 0.2) is 0 Å². The molecule has 1 heterocycles. The summed E-state index contributed by atoms with van der Waals surface area (Å²) < 4.78 is 1.78. The molecule has 9 heavy (non-hydrogen) atoms. The first-order chi connectivity index (χ1) is 3.43. The first-order valence-electron chi connectivity index (χ1n) is 2.11. The van der Waals surface area contributed by atoms with Gasteiger partial charge in [-0.05, 0) is 6.33 Å². The van der Waals surface area contributed by atoms with Crippen LogP contribution in [0.25, 0.3) is 0 Å². The molecule has 0 atom stereocenters. The molecule has 0 aliphatic heterocycles. The van der Waals surface area contributed by atoms with E-state index < -0.39 is 0 Å². The minimum atomic E-state index is 0. The van der Waals surface area contributed by atoms with Crippen LogP contribution in [0.5, 0.6) is 0 Å². The summed E-state index contributed by atoms with van der Waals surface area (Å²) in [5.41, 5.74) is 0. The summed E-state index contributed by atoms with van der Waals surface area (Å²) in [7, 11) is 0. The summed E-state index contributed by atoms with van der Waals surface area (Å²) >= 11 is 0. The van der Waals surface area contributed by atoms with Gasteiger partial charge in [0.1, 0.15) is 0 Å². The standard InChI is InChI=1S/C5H6N2.2W/c1-2-7-4-3-6-5-7;;/h3-4H,1-2H2;;/q-2;;+2. The molecule has 0 saturated heterocycles. The van der Waals surface area contributed by atoms with Gasteiger partial charge in [0.05, 0.1) is 0 Å². The molecule has 0 aromatic carbocycles. The third-order valence-electron chi connectivity index (χ3n) is 0.748. The van der Waals surface area contributed by atoms with Crippen molar-refractivity contribution < 1.29 is 42.1 Å². The van der Waals surface area contributed by atoms with Gasteiger partial charge in [0.25, 0.3) is 0 Å². The molecule has 0 bridgehead atoms. The molecule has 48 valence electrons. The molecule has 0 aliphatic carbocycles. The van der Waals surface area contributed by atoms with Crippen molar-refractivity contribution in [3.05, 3.63) is 25.6 Å². The Morgan fingerprint density at radius 2 is 2.33 bits per heavy atom. The van der Waals surface area contributed by atoms with E-state index in [1.807, 2.05) is 6.20 Å². The second kappa shape index (κ2) is 6.70. The Hall–Kier alpha value is 0.587. The SMILES string of the molecule is [CH2-]Cn1[c-]ncc1.[W+2].[W]. The summed E-state index contributed by atoms with van der Waals surface area (Å²) in [6.45, 7) is 4.33. The molecule has 0 radical (unpaired) electrons. The molecule has 0 fully saturated rings. The van der Waals surface area contributed by atoms with Crippen LogP contribution in [0.3, 0.4) is 0 Å². The van der Waals surface area contributed by atoms with E-state index in [1.165, 1.54) is 0 Å². The maximum Gasteiger partial charge on any atom is 2.00 e. The fourth-order valence-corrected chi connectivity index (χ4v) is 0.379. The minimum Gasteiger partial charge on any atom is -0.482 e. The molecule has 2 nitrogen and oxygen atoms in total. The zero-order chi connectivity index (χ0) is 5.11. The predicted molar refractivity (Wildman–Crippen MR) is 26.4 cm³/mol. The van der Waals surface area contributed by atoms with Gasteiger partial charge < -0.3 is 16.5 Å². The number of rotatable bonds is 1. The largest absolute Gasteiger partial charge is 2.00 e. The average molecular weight is 462 g/mol. The number of hydrogen-bond acceptors (Lipinski definition) is 1. The van der Waals surface area contributed by atoms with Gasteiger partial charge in [-0.3, -0.25) is 0 Å². The van der Waals surface area contributed by atoms with Crippen molar-refractivity contribution in [1.29, 1.82) is 0 Å². The Morgan fingerprint density at radius 3 is 2.56 bits per heavy atom. The van der Waals surface area contributed by atoms with Crippen LogP contribution in [0, 0.1) is 13.3 Å². The topological polar surface area (TPSA) is 17.8 Å². The quantitative estimate of drug-likeness (QED) is 0.558. The van der Waals surface area contributed by atoms with Crippen molar-refractivity contribution in [3.63, 3.8) is 0 Å². The zero-order valence-electron chi connectivity index (χ0n) is 4.78. The number of hydrogen-bond donors (Lipinski definition) is 0. The van der Waals surface area contributed by atoms with Gasteiger partial charge in [-0.15, -0.1) is 18.9 Å². The normalized spacial score (nSPS) is 7.22. The minimum absolute atomic E-state index is 0. The van der Waals surface area contributed by atoms with E-state index >= 15 is 0 Å². The number of aromatic nitrogens is 2. The fourth-order valence-electron chi connectivity index (χ4n) is 0.379. The maximum atomic E-state index is 3.69. The van der Waals surface area contributed by atoms with Gasteiger partial charge >= 0.3 is 21.1 Å². The zero-order valence-corrected chi connectivity index (χ0v) is 10.6. The van der Waals surface area contributed by atoms with E-state index in [2.05, 4.69) is 18.2 Å². The van der Waals surface area contributed by atoms with Crippen molar-refractivity contribution >= 4 is 0 Å². The van der Waals surface area contributed by atoms with Crippen LogP contribution in [0.15, 0.2) is 12.4 Å². The van der Waals surface area contributed by atoms with Crippen LogP contribution in [0.1, 0.15) is 0 Å². The molecule has 0 spiro atoms. The monoisotopic (exact) mass is 462 g/mol. The summed E-state index contributed by atoms with van der Waals surface area (Å²) in [6, 6.07) is 0. The van der Waals surface area contributed by atoms with E-state index in [0.717, 1.165) is 0 Å². The van der Waals surface area contributed by atoms with E-state index in [0.29, 0.717) is 6.54 Å². The Bertz CT molecular complexity index is 128. The van der Waals surface area contributed by atoms with Crippen molar-refractivity contribution in [2.75, 3.05) is 0 Å². The molecule has 4 heteroatoms. The second-order valence-electron chi connectivity index (χ2n) is 1.22. The van der Waals surface area contributed by atoms with Crippen molar-refractivity contribution in [1.82, 2.24) is 9.55 Å². The van der Waals surface area contributed by atoms with Crippen LogP contribution >= 0.6 is 0 Å². The predicted octanol–water partition coefficient (Wildman–Crippen LogP) is 0.512. The molecule has 0 N–H and O–H groups in total. The maximum absolute atomic E-state index is 3.69. The first-order valence-corrected chi connectivity index (χ1v) is 2.11. The second-order valence-corrected chi connectivity index (χ2v) is 1.22. The van der Waals surface area contributed by atoms with Gasteiger partial charge in [0, 0.05) is 21.1 Å². The van der Waals surface area contributed by atoms with Crippen LogP contribution < -0.4 is 0 Å². The van der Waals surface area contributed by atoms with Crippen molar-refractivity contribution in [2.24, 2.45) is 0 Å². The van der Waals surface area contributed by atoms with E-state index in [9.17, 15) is 0 Å². The molecular weight excluding hydrogens is 456 g/mol. The van der Waals surface area contributed by atoms with E-state index in [4.69, 9.17) is 0 Å². The molecule has 1 rings (SSSR count). The molecule has 1 aromatic heterocycles. The molecular formula is C5H6N2W2. The average Bonchev–Trinajstić information content (AvgIpc) is 2.14. The summed E-state index contributed by atoms with van der Waals surface area (Å²) in [5, 5.41) is 0. The summed E-state index contributed by atoms with van der Waals surface area (Å²) in [4.78, 5) is 3.69. The first kappa shape index (κ1) is 12.3. The Kier molecular flexibility index (Phi) is 9.15. The molecule has 1 aromatic rings. The summed E-state index contributed by atoms with van der Waals surface area (Å²) in [6.07, 6.45) is 6.20. The Labute approximate surface area is 83.6 Å². The van der Waals surface area contributed by atoms with Crippen LogP contribution in [0.2, 0.25) is 0 Å². The number of nitrogens with zero attached hydrogens (tertiary/aromatic N) is 2. The molecule has 0 aliphatic rings. The third kappa shape index (κ3) is 4.05. The van der Waals surface area contributed by atoms with Gasteiger partial charge in [-0.1, -0.05) is 0 Å². The van der Waals surface area contributed by atoms with Gasteiger partial charge in [-0.25, -0.2) is 0 Å². The van der Waals surface area contributed by atoms with E-state index in [1.54, 1.807) is 10.8 Å². The third-order valence-corrected chi connectivity index (χ3v) is 0.748. The molecule has 0 saturated carbocycles. The molecule has 0 unspecified atom stereocenters.